The van der Waals surface area contributed by atoms with E-state index in [-0.39, 0.29) is 5.56 Å². The van der Waals surface area contributed by atoms with Crippen LogP contribution >= 0.6 is 27.7 Å². The van der Waals surface area contributed by atoms with Crippen LogP contribution in [0.3, 0.4) is 0 Å². The Morgan fingerprint density at radius 1 is 1.63 bits per heavy atom. The second-order valence-corrected chi connectivity index (χ2v) is 6.54. The third-order valence-corrected chi connectivity index (χ3v) is 4.64. The van der Waals surface area contributed by atoms with Crippen LogP contribution in [0.5, 0.6) is 0 Å². The van der Waals surface area contributed by atoms with Gasteiger partial charge in [-0.05, 0) is 34.7 Å². The topological polar surface area (TPSA) is 46.9 Å². The van der Waals surface area contributed by atoms with Crippen LogP contribution in [0.25, 0.3) is 0 Å². The smallest absolute Gasteiger partial charge is 0.283 e. The first kappa shape index (κ1) is 14.7. The lowest BCUT2D eigenvalue weighted by Crippen LogP contribution is -2.25. The number of nitrogens with zero attached hydrogens (tertiary/aromatic N) is 2. The van der Waals surface area contributed by atoms with Crippen molar-refractivity contribution in [2.24, 2.45) is 5.92 Å². The number of halogens is 1. The van der Waals surface area contributed by atoms with E-state index in [4.69, 9.17) is 0 Å². The molecule has 6 heteroatoms. The summed E-state index contributed by atoms with van der Waals surface area (Å²) in [5.74, 6) is 2.57. The Bertz CT molecular complexity index is 499. The predicted molar refractivity (Wildman–Crippen MR) is 84.9 cm³/mol. The highest BCUT2D eigenvalue weighted by atomic mass is 79.9. The third-order valence-electron chi connectivity index (χ3n) is 2.91. The average Bonchev–Trinajstić information content (AvgIpc) is 3.21. The average molecular weight is 344 g/mol. The van der Waals surface area contributed by atoms with E-state index in [1.807, 2.05) is 6.08 Å². The minimum Gasteiger partial charge on any atom is -0.382 e. The summed E-state index contributed by atoms with van der Waals surface area (Å²) in [5, 5.41) is 7.45. The quantitative estimate of drug-likeness (QED) is 0.582. The van der Waals surface area contributed by atoms with Crippen molar-refractivity contribution in [2.45, 2.75) is 19.4 Å². The summed E-state index contributed by atoms with van der Waals surface area (Å²) in [6.07, 6.45) is 6.05. The molecule has 0 atom stereocenters. The number of aromatic nitrogens is 2. The zero-order valence-corrected chi connectivity index (χ0v) is 13.2. The summed E-state index contributed by atoms with van der Waals surface area (Å²) in [7, 11) is 0. The highest BCUT2D eigenvalue weighted by molar-refractivity contribution is 9.10. The minimum atomic E-state index is -0.0457. The van der Waals surface area contributed by atoms with Gasteiger partial charge in [-0.15, -0.1) is 6.58 Å². The molecule has 0 spiro atoms. The first-order chi connectivity index (χ1) is 9.22. The Morgan fingerprint density at radius 2 is 2.42 bits per heavy atom. The molecule has 1 N–H and O–H groups in total. The van der Waals surface area contributed by atoms with Gasteiger partial charge in [0.1, 0.15) is 4.47 Å². The third kappa shape index (κ3) is 4.38. The zero-order valence-electron chi connectivity index (χ0n) is 10.8. The van der Waals surface area contributed by atoms with Gasteiger partial charge in [0.05, 0.1) is 11.9 Å². The van der Waals surface area contributed by atoms with Gasteiger partial charge in [0.15, 0.2) is 0 Å². The monoisotopic (exact) mass is 343 g/mol. The van der Waals surface area contributed by atoms with Gasteiger partial charge in [-0.1, -0.05) is 6.08 Å². The molecule has 104 valence electrons. The van der Waals surface area contributed by atoms with Gasteiger partial charge in [0.25, 0.3) is 5.56 Å². The Hall–Kier alpha value is -0.750. The van der Waals surface area contributed by atoms with E-state index < -0.39 is 0 Å². The van der Waals surface area contributed by atoms with Crippen molar-refractivity contribution in [3.05, 3.63) is 33.7 Å². The molecule has 1 aliphatic rings. The highest BCUT2D eigenvalue weighted by Crippen LogP contribution is 2.30. The van der Waals surface area contributed by atoms with Crippen molar-refractivity contribution in [1.29, 1.82) is 0 Å². The number of hydrogen-bond acceptors (Lipinski definition) is 4. The van der Waals surface area contributed by atoms with Crippen molar-refractivity contribution in [3.8, 4) is 0 Å². The lowest BCUT2D eigenvalue weighted by Gasteiger charge is -2.09. The summed E-state index contributed by atoms with van der Waals surface area (Å²) in [6.45, 7) is 5.23. The first-order valence-corrected chi connectivity index (χ1v) is 8.35. The lowest BCUT2D eigenvalue weighted by molar-refractivity contribution is 0.532. The normalized spacial score (nSPS) is 14.4. The molecule has 1 fully saturated rings. The van der Waals surface area contributed by atoms with Crippen LogP contribution in [-0.2, 0) is 6.54 Å². The summed E-state index contributed by atoms with van der Waals surface area (Å²) in [4.78, 5) is 12.1. The van der Waals surface area contributed by atoms with Crippen molar-refractivity contribution < 1.29 is 0 Å². The fraction of sp³-hybridized carbons (Fsp3) is 0.538. The summed E-state index contributed by atoms with van der Waals surface area (Å²) in [6, 6.07) is 0. The molecule has 0 unspecified atom stereocenters. The van der Waals surface area contributed by atoms with Crippen LogP contribution in [-0.4, -0.2) is 27.8 Å². The second-order valence-electron chi connectivity index (χ2n) is 4.59. The van der Waals surface area contributed by atoms with E-state index in [0.717, 1.165) is 30.3 Å². The molecule has 1 heterocycles. The Balaban J connectivity index is 1.91. The standard InChI is InChI=1S/C13H18BrN3OS/c1-2-6-19-7-5-15-11-8-16-17(9-10-3-4-10)13(18)12(11)14/h2,8,10,15H,1,3-7,9H2. The fourth-order valence-corrected chi connectivity index (χ4v) is 2.71. The number of rotatable bonds is 8. The molecule has 0 amide bonds. The van der Waals surface area contributed by atoms with Crippen molar-refractivity contribution >= 4 is 33.4 Å². The highest BCUT2D eigenvalue weighted by Gasteiger charge is 2.23. The van der Waals surface area contributed by atoms with Gasteiger partial charge in [0.2, 0.25) is 0 Å². The molecular weight excluding hydrogens is 326 g/mol. The molecule has 0 bridgehead atoms. The number of hydrogen-bond donors (Lipinski definition) is 1. The maximum Gasteiger partial charge on any atom is 0.283 e. The van der Waals surface area contributed by atoms with E-state index in [1.165, 1.54) is 12.8 Å². The molecule has 4 nitrogen and oxygen atoms in total. The van der Waals surface area contributed by atoms with Crippen molar-refractivity contribution in [3.63, 3.8) is 0 Å². The molecule has 0 saturated heterocycles. The van der Waals surface area contributed by atoms with Crippen LogP contribution in [0.15, 0.2) is 28.1 Å². The van der Waals surface area contributed by atoms with E-state index in [0.29, 0.717) is 10.4 Å². The van der Waals surface area contributed by atoms with Gasteiger partial charge >= 0.3 is 0 Å². The van der Waals surface area contributed by atoms with Gasteiger partial charge in [-0.25, -0.2) is 4.68 Å². The SMILES string of the molecule is C=CCSCCNc1cnn(CC2CC2)c(=O)c1Br. The molecule has 19 heavy (non-hydrogen) atoms. The summed E-state index contributed by atoms with van der Waals surface area (Å²) >= 11 is 5.17. The van der Waals surface area contributed by atoms with Crippen molar-refractivity contribution in [2.75, 3.05) is 23.4 Å². The van der Waals surface area contributed by atoms with Crippen LogP contribution in [0.1, 0.15) is 12.8 Å². The van der Waals surface area contributed by atoms with E-state index in [1.54, 1.807) is 22.6 Å². The molecule has 0 aromatic carbocycles. The molecule has 0 aliphatic heterocycles. The maximum atomic E-state index is 12.1. The Morgan fingerprint density at radius 3 is 3.11 bits per heavy atom. The number of thioether (sulfide) groups is 1. The molecule has 2 rings (SSSR count). The Kier molecular flexibility index (Phi) is 5.51. The number of anilines is 1. The summed E-state index contributed by atoms with van der Waals surface area (Å²) in [5.41, 5.74) is 0.729. The molecule has 1 aromatic rings. The van der Waals surface area contributed by atoms with E-state index in [2.05, 4.69) is 32.9 Å². The van der Waals surface area contributed by atoms with E-state index in [9.17, 15) is 4.79 Å². The Labute approximate surface area is 125 Å². The number of nitrogens with one attached hydrogen (secondary N) is 1. The maximum absolute atomic E-state index is 12.1. The van der Waals surface area contributed by atoms with Crippen LogP contribution in [0.2, 0.25) is 0 Å². The first-order valence-electron chi connectivity index (χ1n) is 6.40. The predicted octanol–water partition coefficient (Wildman–Crippen LogP) is 2.75. The fourth-order valence-electron chi connectivity index (χ4n) is 1.69. The minimum absolute atomic E-state index is 0.0457. The second kappa shape index (κ2) is 7.14. The largest absolute Gasteiger partial charge is 0.382 e. The van der Waals surface area contributed by atoms with Gasteiger partial charge in [-0.3, -0.25) is 4.79 Å². The lowest BCUT2D eigenvalue weighted by atomic mass is 10.4. The molecule has 1 aliphatic carbocycles. The molecular formula is C13H18BrN3OS. The van der Waals surface area contributed by atoms with Crippen LogP contribution in [0.4, 0.5) is 5.69 Å². The zero-order chi connectivity index (χ0) is 13.7. The van der Waals surface area contributed by atoms with Crippen LogP contribution < -0.4 is 10.9 Å². The molecule has 1 saturated carbocycles. The van der Waals surface area contributed by atoms with Crippen LogP contribution in [0, 0.1) is 5.92 Å². The van der Waals surface area contributed by atoms with E-state index >= 15 is 0 Å². The van der Waals surface area contributed by atoms with Gasteiger partial charge in [-0.2, -0.15) is 16.9 Å². The van der Waals surface area contributed by atoms with Gasteiger partial charge in [0, 0.05) is 24.6 Å². The molecule has 0 radical (unpaired) electrons. The summed E-state index contributed by atoms with van der Waals surface area (Å²) < 4.78 is 2.14. The van der Waals surface area contributed by atoms with Crippen molar-refractivity contribution in [1.82, 2.24) is 9.78 Å². The van der Waals surface area contributed by atoms with Gasteiger partial charge < -0.3 is 5.32 Å². The molecule has 1 aromatic heterocycles.